The summed E-state index contributed by atoms with van der Waals surface area (Å²) in [6.45, 7) is 4.89. The molecule has 0 atom stereocenters. The SMILES string of the molecule is CCN=C(N)NN1CCCCC1. The zero-order valence-corrected chi connectivity index (χ0v) is 7.71. The second kappa shape index (κ2) is 4.98. The van der Waals surface area contributed by atoms with Gasteiger partial charge in [-0.15, -0.1) is 0 Å². The average Bonchev–Trinajstić information content (AvgIpc) is 2.06. The lowest BCUT2D eigenvalue weighted by atomic mass is 10.2. The molecule has 0 aromatic heterocycles. The van der Waals surface area contributed by atoms with Crippen molar-refractivity contribution in [1.82, 2.24) is 10.4 Å². The number of piperidine rings is 1. The molecule has 0 aromatic rings. The molecule has 1 aliphatic rings. The third kappa shape index (κ3) is 3.09. The zero-order valence-electron chi connectivity index (χ0n) is 7.71. The monoisotopic (exact) mass is 170 g/mol. The van der Waals surface area contributed by atoms with E-state index in [1.165, 1.54) is 19.3 Å². The lowest BCUT2D eigenvalue weighted by Crippen LogP contribution is -2.48. The minimum atomic E-state index is 0.541. The molecule has 0 amide bonds. The van der Waals surface area contributed by atoms with Crippen molar-refractivity contribution < 1.29 is 0 Å². The van der Waals surface area contributed by atoms with Crippen molar-refractivity contribution in [1.29, 1.82) is 0 Å². The number of hydrogen-bond donors (Lipinski definition) is 2. The summed E-state index contributed by atoms with van der Waals surface area (Å²) in [6, 6.07) is 0. The Kier molecular flexibility index (Phi) is 3.87. The Morgan fingerprint density at radius 3 is 2.67 bits per heavy atom. The molecular formula is C8H18N4. The molecule has 0 aromatic carbocycles. The van der Waals surface area contributed by atoms with Gasteiger partial charge in [-0.05, 0) is 19.8 Å². The predicted molar refractivity (Wildman–Crippen MR) is 50.7 cm³/mol. The highest BCUT2D eigenvalue weighted by atomic mass is 15.5. The minimum Gasteiger partial charge on any atom is -0.369 e. The van der Waals surface area contributed by atoms with E-state index in [0.29, 0.717) is 5.96 Å². The maximum Gasteiger partial charge on any atom is 0.203 e. The van der Waals surface area contributed by atoms with E-state index in [-0.39, 0.29) is 0 Å². The first-order valence-electron chi connectivity index (χ1n) is 4.64. The van der Waals surface area contributed by atoms with Crippen molar-refractivity contribution in [2.75, 3.05) is 19.6 Å². The van der Waals surface area contributed by atoms with Crippen molar-refractivity contribution in [2.45, 2.75) is 26.2 Å². The Morgan fingerprint density at radius 1 is 1.42 bits per heavy atom. The Bertz CT molecular complexity index is 149. The van der Waals surface area contributed by atoms with Crippen LogP contribution < -0.4 is 11.2 Å². The van der Waals surface area contributed by atoms with Crippen molar-refractivity contribution in [3.63, 3.8) is 0 Å². The van der Waals surface area contributed by atoms with Gasteiger partial charge in [-0.3, -0.25) is 10.4 Å². The van der Waals surface area contributed by atoms with Crippen LogP contribution in [-0.4, -0.2) is 30.6 Å². The maximum atomic E-state index is 5.61. The summed E-state index contributed by atoms with van der Waals surface area (Å²) in [5.41, 5.74) is 8.69. The van der Waals surface area contributed by atoms with Crippen molar-refractivity contribution in [3.05, 3.63) is 0 Å². The molecule has 3 N–H and O–H groups in total. The van der Waals surface area contributed by atoms with Gasteiger partial charge in [0.25, 0.3) is 0 Å². The van der Waals surface area contributed by atoms with Gasteiger partial charge in [-0.25, -0.2) is 5.01 Å². The summed E-state index contributed by atoms with van der Waals surface area (Å²) in [5, 5.41) is 2.14. The summed E-state index contributed by atoms with van der Waals surface area (Å²) < 4.78 is 0. The standard InChI is InChI=1S/C8H18N4/c1-2-10-8(9)11-12-6-4-3-5-7-12/h2-7H2,1H3,(H3,9,10,11). The maximum absolute atomic E-state index is 5.61. The summed E-state index contributed by atoms with van der Waals surface area (Å²) in [4.78, 5) is 4.06. The first kappa shape index (κ1) is 9.32. The minimum absolute atomic E-state index is 0.541. The molecule has 12 heavy (non-hydrogen) atoms. The lowest BCUT2D eigenvalue weighted by Gasteiger charge is -2.27. The quantitative estimate of drug-likeness (QED) is 0.463. The molecule has 1 heterocycles. The molecule has 4 heteroatoms. The van der Waals surface area contributed by atoms with Crippen LogP contribution in [0.2, 0.25) is 0 Å². The smallest absolute Gasteiger partial charge is 0.203 e. The molecule has 0 aliphatic carbocycles. The van der Waals surface area contributed by atoms with Crippen molar-refractivity contribution >= 4 is 5.96 Å². The molecule has 0 saturated carbocycles. The van der Waals surface area contributed by atoms with Gasteiger partial charge in [0.15, 0.2) is 0 Å². The Hall–Kier alpha value is -0.770. The van der Waals surface area contributed by atoms with E-state index in [1.807, 2.05) is 6.92 Å². The van der Waals surface area contributed by atoms with Gasteiger partial charge >= 0.3 is 0 Å². The fourth-order valence-electron chi connectivity index (χ4n) is 1.37. The molecule has 0 bridgehead atoms. The number of nitrogens with two attached hydrogens (primary N) is 1. The first-order valence-corrected chi connectivity index (χ1v) is 4.64. The van der Waals surface area contributed by atoms with Gasteiger partial charge in [0.05, 0.1) is 0 Å². The van der Waals surface area contributed by atoms with E-state index >= 15 is 0 Å². The normalized spacial score (nSPS) is 20.9. The van der Waals surface area contributed by atoms with Crippen molar-refractivity contribution in [3.8, 4) is 0 Å². The van der Waals surface area contributed by atoms with E-state index in [4.69, 9.17) is 5.73 Å². The Labute approximate surface area is 73.8 Å². The molecule has 0 unspecified atom stereocenters. The van der Waals surface area contributed by atoms with Crippen LogP contribution in [-0.2, 0) is 0 Å². The molecule has 1 aliphatic heterocycles. The highest BCUT2D eigenvalue weighted by Crippen LogP contribution is 2.05. The molecule has 0 spiro atoms. The highest BCUT2D eigenvalue weighted by molar-refractivity contribution is 5.77. The van der Waals surface area contributed by atoms with E-state index in [2.05, 4.69) is 15.4 Å². The average molecular weight is 170 g/mol. The third-order valence-electron chi connectivity index (χ3n) is 1.96. The fraction of sp³-hybridized carbons (Fsp3) is 0.875. The van der Waals surface area contributed by atoms with E-state index in [9.17, 15) is 0 Å². The second-order valence-corrected chi connectivity index (χ2v) is 3.02. The summed E-state index contributed by atoms with van der Waals surface area (Å²) >= 11 is 0. The lowest BCUT2D eigenvalue weighted by molar-refractivity contribution is 0.193. The topological polar surface area (TPSA) is 53.6 Å². The van der Waals surface area contributed by atoms with Gasteiger partial charge in [0, 0.05) is 19.6 Å². The van der Waals surface area contributed by atoms with Crippen LogP contribution in [0.5, 0.6) is 0 Å². The van der Waals surface area contributed by atoms with E-state index in [0.717, 1.165) is 19.6 Å². The molecular weight excluding hydrogens is 152 g/mol. The molecule has 1 rings (SSSR count). The molecule has 4 nitrogen and oxygen atoms in total. The number of rotatable bonds is 2. The Morgan fingerprint density at radius 2 is 2.08 bits per heavy atom. The second-order valence-electron chi connectivity index (χ2n) is 3.02. The van der Waals surface area contributed by atoms with Crippen LogP contribution in [0.15, 0.2) is 4.99 Å². The predicted octanol–water partition coefficient (Wildman–Crippen LogP) is 0.312. The number of nitrogens with one attached hydrogen (secondary N) is 1. The van der Waals surface area contributed by atoms with Crippen LogP contribution in [0.25, 0.3) is 0 Å². The van der Waals surface area contributed by atoms with Crippen molar-refractivity contribution in [2.24, 2.45) is 10.7 Å². The first-order chi connectivity index (χ1) is 5.83. The van der Waals surface area contributed by atoms with Gasteiger partial charge in [-0.2, -0.15) is 0 Å². The van der Waals surface area contributed by atoms with Crippen LogP contribution in [0.1, 0.15) is 26.2 Å². The van der Waals surface area contributed by atoms with Gasteiger partial charge in [0.1, 0.15) is 0 Å². The van der Waals surface area contributed by atoms with Crippen LogP contribution >= 0.6 is 0 Å². The molecule has 0 radical (unpaired) electrons. The Balaban J connectivity index is 2.24. The van der Waals surface area contributed by atoms with E-state index in [1.54, 1.807) is 0 Å². The number of hydrazine groups is 1. The van der Waals surface area contributed by atoms with Gasteiger partial charge in [-0.1, -0.05) is 6.42 Å². The largest absolute Gasteiger partial charge is 0.369 e. The highest BCUT2D eigenvalue weighted by Gasteiger charge is 2.09. The summed E-state index contributed by atoms with van der Waals surface area (Å²) in [5.74, 6) is 0.541. The zero-order chi connectivity index (χ0) is 8.81. The third-order valence-corrected chi connectivity index (χ3v) is 1.96. The fourth-order valence-corrected chi connectivity index (χ4v) is 1.37. The number of aliphatic imine (C=N–C) groups is 1. The molecule has 1 fully saturated rings. The molecule has 70 valence electrons. The van der Waals surface area contributed by atoms with Crippen LogP contribution in [0.4, 0.5) is 0 Å². The number of hydrogen-bond acceptors (Lipinski definition) is 2. The number of nitrogens with zero attached hydrogens (tertiary/aromatic N) is 2. The summed E-state index contributed by atoms with van der Waals surface area (Å²) in [7, 11) is 0. The molecule has 1 saturated heterocycles. The van der Waals surface area contributed by atoms with Crippen LogP contribution in [0, 0.1) is 0 Å². The van der Waals surface area contributed by atoms with Gasteiger partial charge in [0.2, 0.25) is 5.96 Å². The van der Waals surface area contributed by atoms with Crippen LogP contribution in [0.3, 0.4) is 0 Å². The van der Waals surface area contributed by atoms with Gasteiger partial charge < -0.3 is 5.73 Å². The number of guanidine groups is 1. The van der Waals surface area contributed by atoms with E-state index < -0.39 is 0 Å². The summed E-state index contributed by atoms with van der Waals surface area (Å²) in [6.07, 6.45) is 3.85.